The van der Waals surface area contributed by atoms with Crippen LogP contribution in [0.2, 0.25) is 0 Å². The number of aromatic nitrogens is 2. The monoisotopic (exact) mass is 240 g/mol. The van der Waals surface area contributed by atoms with Crippen molar-refractivity contribution >= 4 is 0 Å². The Bertz CT molecular complexity index is 536. The Labute approximate surface area is 109 Å². The molecule has 0 atom stereocenters. The Balaban J connectivity index is 1.89. The lowest BCUT2D eigenvalue weighted by Crippen LogP contribution is -2.16. The van der Waals surface area contributed by atoms with E-state index < -0.39 is 0 Å². The zero-order chi connectivity index (χ0) is 12.5. The number of nitrogens with zero attached hydrogens (tertiary/aromatic N) is 2. The molecule has 2 aromatic rings. The summed E-state index contributed by atoms with van der Waals surface area (Å²) in [6.07, 6.45) is 8.12. The fourth-order valence-electron chi connectivity index (χ4n) is 2.42. The van der Waals surface area contributed by atoms with Gasteiger partial charge in [0.2, 0.25) is 0 Å². The van der Waals surface area contributed by atoms with Crippen LogP contribution < -0.4 is 0 Å². The molecule has 18 heavy (non-hydrogen) atoms. The summed E-state index contributed by atoms with van der Waals surface area (Å²) in [6.45, 7) is 4.47. The van der Waals surface area contributed by atoms with E-state index in [0.717, 1.165) is 0 Å². The van der Waals surface area contributed by atoms with Crippen molar-refractivity contribution in [3.8, 4) is 11.1 Å². The fraction of sp³-hybridized carbons (Fsp3) is 0.438. The average molecular weight is 240 g/mol. The number of hydrogen-bond acceptors (Lipinski definition) is 1. The molecular formula is C16H20N2. The SMILES string of the molecule is CC(C)c1cccc(-c2cnn(C3CCC3)c2)c1. The van der Waals surface area contributed by atoms with Crippen LogP contribution in [0, 0.1) is 0 Å². The summed E-state index contributed by atoms with van der Waals surface area (Å²) in [6, 6.07) is 9.45. The van der Waals surface area contributed by atoms with Gasteiger partial charge in [0.1, 0.15) is 0 Å². The molecule has 0 aliphatic heterocycles. The summed E-state index contributed by atoms with van der Waals surface area (Å²) in [5, 5.41) is 4.51. The summed E-state index contributed by atoms with van der Waals surface area (Å²) in [5.74, 6) is 0.576. The first-order valence-corrected chi connectivity index (χ1v) is 6.88. The third kappa shape index (κ3) is 2.07. The molecule has 94 valence electrons. The summed E-state index contributed by atoms with van der Waals surface area (Å²) in [5.41, 5.74) is 3.92. The maximum absolute atomic E-state index is 4.51. The van der Waals surface area contributed by atoms with Crippen LogP contribution in [0.15, 0.2) is 36.7 Å². The summed E-state index contributed by atoms with van der Waals surface area (Å²) in [4.78, 5) is 0. The predicted molar refractivity (Wildman–Crippen MR) is 74.6 cm³/mol. The minimum absolute atomic E-state index is 0.576. The van der Waals surface area contributed by atoms with E-state index in [-0.39, 0.29) is 0 Å². The van der Waals surface area contributed by atoms with Crippen molar-refractivity contribution in [3.63, 3.8) is 0 Å². The van der Waals surface area contributed by atoms with Gasteiger partial charge in [-0.3, -0.25) is 4.68 Å². The van der Waals surface area contributed by atoms with Gasteiger partial charge in [-0.1, -0.05) is 38.1 Å². The Morgan fingerprint density at radius 3 is 2.72 bits per heavy atom. The van der Waals surface area contributed by atoms with Crippen molar-refractivity contribution in [2.45, 2.75) is 45.1 Å². The van der Waals surface area contributed by atoms with Crippen molar-refractivity contribution in [1.29, 1.82) is 0 Å². The van der Waals surface area contributed by atoms with E-state index in [9.17, 15) is 0 Å². The first-order chi connectivity index (χ1) is 8.74. The molecule has 1 aliphatic rings. The summed E-state index contributed by atoms with van der Waals surface area (Å²) in [7, 11) is 0. The molecule has 2 nitrogen and oxygen atoms in total. The summed E-state index contributed by atoms with van der Waals surface area (Å²) < 4.78 is 2.14. The fourth-order valence-corrected chi connectivity index (χ4v) is 2.42. The Hall–Kier alpha value is -1.57. The summed E-state index contributed by atoms with van der Waals surface area (Å²) >= 11 is 0. The maximum atomic E-state index is 4.51. The first-order valence-electron chi connectivity index (χ1n) is 6.88. The second-order valence-electron chi connectivity index (χ2n) is 5.57. The van der Waals surface area contributed by atoms with Crippen molar-refractivity contribution in [2.75, 3.05) is 0 Å². The molecule has 0 bridgehead atoms. The van der Waals surface area contributed by atoms with Crippen LogP contribution in [0.1, 0.15) is 50.6 Å². The quantitative estimate of drug-likeness (QED) is 0.777. The minimum atomic E-state index is 0.576. The second-order valence-corrected chi connectivity index (χ2v) is 5.57. The largest absolute Gasteiger partial charge is 0.269 e. The Kier molecular flexibility index (Phi) is 2.94. The molecule has 1 aromatic heterocycles. The molecule has 1 saturated carbocycles. The highest BCUT2D eigenvalue weighted by Gasteiger charge is 2.20. The van der Waals surface area contributed by atoms with Crippen molar-refractivity contribution in [1.82, 2.24) is 9.78 Å². The van der Waals surface area contributed by atoms with E-state index in [0.29, 0.717) is 12.0 Å². The number of benzene rings is 1. The lowest BCUT2D eigenvalue weighted by molar-refractivity contribution is 0.289. The van der Waals surface area contributed by atoms with Gasteiger partial charge in [0.25, 0.3) is 0 Å². The molecule has 1 heterocycles. The molecule has 0 saturated heterocycles. The molecule has 0 radical (unpaired) electrons. The van der Waals surface area contributed by atoms with Crippen LogP contribution in [-0.2, 0) is 0 Å². The van der Waals surface area contributed by atoms with E-state index in [1.807, 2.05) is 6.20 Å². The third-order valence-corrected chi connectivity index (χ3v) is 3.94. The highest BCUT2D eigenvalue weighted by Crippen LogP contribution is 2.32. The van der Waals surface area contributed by atoms with Gasteiger partial charge in [-0.15, -0.1) is 0 Å². The predicted octanol–water partition coefficient (Wildman–Crippen LogP) is 4.40. The van der Waals surface area contributed by atoms with Gasteiger partial charge in [-0.25, -0.2) is 0 Å². The molecule has 0 spiro atoms. The van der Waals surface area contributed by atoms with Crippen LogP contribution in [0.3, 0.4) is 0 Å². The van der Waals surface area contributed by atoms with E-state index in [2.05, 4.69) is 54.1 Å². The highest BCUT2D eigenvalue weighted by molar-refractivity contribution is 5.62. The molecule has 2 heteroatoms. The van der Waals surface area contributed by atoms with Gasteiger partial charge in [-0.2, -0.15) is 5.10 Å². The van der Waals surface area contributed by atoms with Gasteiger partial charge in [0.05, 0.1) is 12.2 Å². The van der Waals surface area contributed by atoms with Crippen LogP contribution in [0.5, 0.6) is 0 Å². The van der Waals surface area contributed by atoms with E-state index in [1.54, 1.807) is 0 Å². The van der Waals surface area contributed by atoms with Crippen LogP contribution >= 0.6 is 0 Å². The van der Waals surface area contributed by atoms with E-state index in [1.165, 1.54) is 36.0 Å². The van der Waals surface area contributed by atoms with Crippen molar-refractivity contribution in [2.24, 2.45) is 0 Å². The molecule has 1 aliphatic carbocycles. The first kappa shape index (κ1) is 11.5. The second kappa shape index (κ2) is 4.60. The Morgan fingerprint density at radius 2 is 2.06 bits per heavy atom. The van der Waals surface area contributed by atoms with Gasteiger partial charge in [0, 0.05) is 11.8 Å². The molecule has 1 fully saturated rings. The van der Waals surface area contributed by atoms with Gasteiger partial charge in [-0.05, 0) is 36.3 Å². The van der Waals surface area contributed by atoms with Gasteiger partial charge >= 0.3 is 0 Å². The molecule has 1 aromatic carbocycles. The minimum Gasteiger partial charge on any atom is -0.269 e. The van der Waals surface area contributed by atoms with E-state index >= 15 is 0 Å². The van der Waals surface area contributed by atoms with E-state index in [4.69, 9.17) is 0 Å². The third-order valence-electron chi connectivity index (χ3n) is 3.94. The van der Waals surface area contributed by atoms with Crippen molar-refractivity contribution < 1.29 is 0 Å². The maximum Gasteiger partial charge on any atom is 0.0568 e. The molecular weight excluding hydrogens is 220 g/mol. The lowest BCUT2D eigenvalue weighted by atomic mass is 9.93. The van der Waals surface area contributed by atoms with Crippen LogP contribution in [0.25, 0.3) is 11.1 Å². The Morgan fingerprint density at radius 1 is 1.22 bits per heavy atom. The number of hydrogen-bond donors (Lipinski definition) is 0. The topological polar surface area (TPSA) is 17.8 Å². The van der Waals surface area contributed by atoms with Crippen molar-refractivity contribution in [3.05, 3.63) is 42.2 Å². The van der Waals surface area contributed by atoms with Gasteiger partial charge < -0.3 is 0 Å². The molecule has 0 amide bonds. The lowest BCUT2D eigenvalue weighted by Gasteiger charge is -2.25. The molecule has 0 unspecified atom stereocenters. The zero-order valence-corrected chi connectivity index (χ0v) is 11.1. The zero-order valence-electron chi connectivity index (χ0n) is 11.1. The molecule has 3 rings (SSSR count). The molecule has 0 N–H and O–H groups in total. The average Bonchev–Trinajstić information content (AvgIpc) is 2.76. The number of rotatable bonds is 3. The standard InChI is InChI=1S/C16H20N2/c1-12(2)13-5-3-6-14(9-13)15-10-17-18(11-15)16-7-4-8-16/h3,5-6,9-12,16H,4,7-8H2,1-2H3. The van der Waals surface area contributed by atoms with Gasteiger partial charge in [0.15, 0.2) is 0 Å². The van der Waals surface area contributed by atoms with Crippen LogP contribution in [0.4, 0.5) is 0 Å². The highest BCUT2D eigenvalue weighted by atomic mass is 15.3. The normalized spacial score (nSPS) is 15.9. The smallest absolute Gasteiger partial charge is 0.0568 e. The van der Waals surface area contributed by atoms with Crippen LogP contribution in [-0.4, -0.2) is 9.78 Å².